The molecule has 0 spiro atoms. The second-order valence-electron chi connectivity index (χ2n) is 8.56. The van der Waals surface area contributed by atoms with Crippen LogP contribution in [-0.2, 0) is 17.8 Å². The third-order valence-corrected chi connectivity index (χ3v) is 6.52. The monoisotopic (exact) mass is 392 g/mol. The fourth-order valence-corrected chi connectivity index (χ4v) is 4.97. The van der Waals surface area contributed by atoms with Crippen molar-refractivity contribution in [1.29, 1.82) is 0 Å². The van der Waals surface area contributed by atoms with Crippen LogP contribution in [0.4, 0.5) is 0 Å². The van der Waals surface area contributed by atoms with Crippen LogP contribution in [0, 0.1) is 12.8 Å². The Morgan fingerprint density at radius 3 is 2.66 bits per heavy atom. The summed E-state index contributed by atoms with van der Waals surface area (Å²) in [5, 5.41) is 0. The Morgan fingerprint density at radius 1 is 1.07 bits per heavy atom. The van der Waals surface area contributed by atoms with Crippen LogP contribution >= 0.6 is 0 Å². The van der Waals surface area contributed by atoms with Gasteiger partial charge in [-0.1, -0.05) is 42.0 Å². The molecule has 0 N–H and O–H groups in total. The number of hydrogen-bond donors (Lipinski definition) is 0. The van der Waals surface area contributed by atoms with Gasteiger partial charge in [0.25, 0.3) is 0 Å². The summed E-state index contributed by atoms with van der Waals surface area (Å²) in [5.74, 6) is 1.82. The highest BCUT2D eigenvalue weighted by molar-refractivity contribution is 5.77. The summed E-state index contributed by atoms with van der Waals surface area (Å²) in [5.41, 5.74) is 3.98. The maximum absolute atomic E-state index is 12.7. The van der Waals surface area contributed by atoms with Crippen LogP contribution in [0.15, 0.2) is 48.5 Å². The van der Waals surface area contributed by atoms with Gasteiger partial charge in [0, 0.05) is 38.6 Å². The van der Waals surface area contributed by atoms with Gasteiger partial charge in [0.05, 0.1) is 7.11 Å². The van der Waals surface area contributed by atoms with Crippen molar-refractivity contribution in [1.82, 2.24) is 9.80 Å². The van der Waals surface area contributed by atoms with E-state index in [2.05, 4.69) is 53.1 Å². The standard InChI is InChI=1S/C25H32N2O2/c1-19-4-3-5-21(16-19)17-26-14-13-24-22(18-26)8-11-25(28)27(24)15-12-20-6-9-23(29-2)10-7-20/h3-7,9-10,16,22,24H,8,11-15,17-18H2,1-2H3/t22-,24+/m0/s1. The predicted octanol–water partition coefficient (Wildman–Crippen LogP) is 4.06. The van der Waals surface area contributed by atoms with E-state index in [1.807, 2.05) is 12.1 Å². The van der Waals surface area contributed by atoms with E-state index in [0.29, 0.717) is 24.3 Å². The lowest BCUT2D eigenvalue weighted by molar-refractivity contribution is -0.141. The second-order valence-corrected chi connectivity index (χ2v) is 8.56. The SMILES string of the molecule is COc1ccc(CCN2C(=O)CC[C@H]3CN(Cc4cccc(C)c4)CC[C@H]32)cc1. The fraction of sp³-hybridized carbons (Fsp3) is 0.480. The number of benzene rings is 2. The van der Waals surface area contributed by atoms with Crippen molar-refractivity contribution in [2.75, 3.05) is 26.7 Å². The molecule has 154 valence electrons. The van der Waals surface area contributed by atoms with Gasteiger partial charge in [-0.15, -0.1) is 0 Å². The molecule has 0 aromatic heterocycles. The Morgan fingerprint density at radius 2 is 1.90 bits per heavy atom. The number of aryl methyl sites for hydroxylation is 1. The number of likely N-dealkylation sites (tertiary alicyclic amines) is 2. The molecule has 2 aromatic carbocycles. The molecular formula is C25H32N2O2. The van der Waals surface area contributed by atoms with Crippen LogP contribution in [0.2, 0.25) is 0 Å². The summed E-state index contributed by atoms with van der Waals surface area (Å²) in [7, 11) is 1.69. The summed E-state index contributed by atoms with van der Waals surface area (Å²) in [6.07, 6.45) is 3.73. The molecule has 0 radical (unpaired) electrons. The topological polar surface area (TPSA) is 32.8 Å². The van der Waals surface area contributed by atoms with Crippen molar-refractivity contribution in [2.45, 2.75) is 45.2 Å². The van der Waals surface area contributed by atoms with Gasteiger partial charge in [-0.05, 0) is 55.4 Å². The summed E-state index contributed by atoms with van der Waals surface area (Å²) in [6, 6.07) is 17.4. The van der Waals surface area contributed by atoms with Crippen molar-refractivity contribution in [3.05, 3.63) is 65.2 Å². The number of rotatable bonds is 6. The number of amides is 1. The van der Waals surface area contributed by atoms with E-state index in [1.54, 1.807) is 7.11 Å². The van der Waals surface area contributed by atoms with Gasteiger partial charge in [0.2, 0.25) is 5.91 Å². The summed E-state index contributed by atoms with van der Waals surface area (Å²) in [4.78, 5) is 17.4. The Kier molecular flexibility index (Phi) is 6.19. The first-order chi connectivity index (χ1) is 14.1. The minimum atomic E-state index is 0.340. The number of ether oxygens (including phenoxy) is 1. The van der Waals surface area contributed by atoms with E-state index >= 15 is 0 Å². The van der Waals surface area contributed by atoms with E-state index in [1.165, 1.54) is 16.7 Å². The molecule has 1 amide bonds. The summed E-state index contributed by atoms with van der Waals surface area (Å²) in [6.45, 7) is 6.17. The van der Waals surface area contributed by atoms with Crippen LogP contribution in [0.1, 0.15) is 36.0 Å². The third kappa shape index (κ3) is 4.81. The molecule has 4 heteroatoms. The minimum absolute atomic E-state index is 0.340. The lowest BCUT2D eigenvalue weighted by atomic mass is 9.83. The molecule has 2 aliphatic rings. The second kappa shape index (κ2) is 9.00. The quantitative estimate of drug-likeness (QED) is 0.743. The van der Waals surface area contributed by atoms with Crippen LogP contribution in [0.5, 0.6) is 5.75 Å². The third-order valence-electron chi connectivity index (χ3n) is 6.52. The highest BCUT2D eigenvalue weighted by Gasteiger charge is 2.38. The molecule has 0 saturated carbocycles. The fourth-order valence-electron chi connectivity index (χ4n) is 4.97. The largest absolute Gasteiger partial charge is 0.497 e. The molecule has 2 aromatic rings. The molecule has 2 atom stereocenters. The average molecular weight is 393 g/mol. The van der Waals surface area contributed by atoms with Crippen LogP contribution in [-0.4, -0.2) is 48.5 Å². The predicted molar refractivity (Wildman–Crippen MR) is 116 cm³/mol. The van der Waals surface area contributed by atoms with Crippen molar-refractivity contribution in [3.63, 3.8) is 0 Å². The number of nitrogens with zero attached hydrogens (tertiary/aromatic N) is 2. The number of hydrogen-bond acceptors (Lipinski definition) is 3. The lowest BCUT2D eigenvalue weighted by Crippen LogP contribution is -2.56. The van der Waals surface area contributed by atoms with E-state index < -0.39 is 0 Å². The number of carbonyl (C=O) groups is 1. The first kappa shape index (κ1) is 20.0. The molecule has 0 aliphatic carbocycles. The molecule has 2 saturated heterocycles. The van der Waals surface area contributed by atoms with Gasteiger partial charge < -0.3 is 9.64 Å². The summed E-state index contributed by atoms with van der Waals surface area (Å²) >= 11 is 0. The van der Waals surface area contributed by atoms with Crippen LogP contribution in [0.3, 0.4) is 0 Å². The van der Waals surface area contributed by atoms with E-state index in [9.17, 15) is 4.79 Å². The molecule has 4 rings (SSSR count). The highest BCUT2D eigenvalue weighted by atomic mass is 16.5. The van der Waals surface area contributed by atoms with Gasteiger partial charge in [0.15, 0.2) is 0 Å². The molecule has 29 heavy (non-hydrogen) atoms. The van der Waals surface area contributed by atoms with E-state index in [0.717, 1.165) is 51.2 Å². The Hall–Kier alpha value is -2.33. The first-order valence-electron chi connectivity index (χ1n) is 10.8. The van der Waals surface area contributed by atoms with Crippen molar-refractivity contribution < 1.29 is 9.53 Å². The lowest BCUT2D eigenvalue weighted by Gasteiger charge is -2.47. The number of fused-ring (bicyclic) bond motifs is 1. The Balaban J connectivity index is 1.36. The first-order valence-corrected chi connectivity index (χ1v) is 10.8. The molecular weight excluding hydrogens is 360 g/mol. The Bertz CT molecular complexity index is 833. The van der Waals surface area contributed by atoms with Crippen LogP contribution < -0.4 is 4.74 Å². The van der Waals surface area contributed by atoms with Crippen molar-refractivity contribution in [3.8, 4) is 5.75 Å². The molecule has 2 heterocycles. The molecule has 4 nitrogen and oxygen atoms in total. The Labute approximate surface area is 174 Å². The van der Waals surface area contributed by atoms with Gasteiger partial charge in [0.1, 0.15) is 5.75 Å². The van der Waals surface area contributed by atoms with Gasteiger partial charge in [-0.2, -0.15) is 0 Å². The van der Waals surface area contributed by atoms with E-state index in [4.69, 9.17) is 4.74 Å². The molecule has 2 fully saturated rings. The molecule has 2 aliphatic heterocycles. The minimum Gasteiger partial charge on any atom is -0.497 e. The van der Waals surface area contributed by atoms with Crippen molar-refractivity contribution in [2.24, 2.45) is 5.92 Å². The van der Waals surface area contributed by atoms with Gasteiger partial charge in [-0.3, -0.25) is 9.69 Å². The normalized spacial score (nSPS) is 22.4. The number of carbonyl (C=O) groups excluding carboxylic acids is 1. The zero-order valence-electron chi connectivity index (χ0n) is 17.6. The smallest absolute Gasteiger partial charge is 0.222 e. The number of methoxy groups -OCH3 is 1. The summed E-state index contributed by atoms with van der Waals surface area (Å²) < 4.78 is 5.24. The molecule has 0 unspecified atom stereocenters. The zero-order valence-corrected chi connectivity index (χ0v) is 17.6. The van der Waals surface area contributed by atoms with Gasteiger partial charge in [-0.25, -0.2) is 0 Å². The van der Waals surface area contributed by atoms with Gasteiger partial charge >= 0.3 is 0 Å². The maximum atomic E-state index is 12.7. The number of piperidine rings is 2. The average Bonchev–Trinajstić information content (AvgIpc) is 2.73. The highest BCUT2D eigenvalue weighted by Crippen LogP contribution is 2.32. The zero-order chi connectivity index (χ0) is 20.2. The molecule has 0 bridgehead atoms. The van der Waals surface area contributed by atoms with Crippen molar-refractivity contribution >= 4 is 5.91 Å². The van der Waals surface area contributed by atoms with E-state index in [-0.39, 0.29) is 0 Å². The van der Waals surface area contributed by atoms with Crippen LogP contribution in [0.25, 0.3) is 0 Å². The maximum Gasteiger partial charge on any atom is 0.222 e.